The lowest BCUT2D eigenvalue weighted by Gasteiger charge is -2.13. The quantitative estimate of drug-likeness (QED) is 0.429. The molecule has 2 N–H and O–H groups in total. The lowest BCUT2D eigenvalue weighted by atomic mass is 10.1. The Bertz CT molecular complexity index is 971. The molecule has 6 heteroatoms. The first-order chi connectivity index (χ1) is 14.7. The van der Waals surface area contributed by atoms with Crippen LogP contribution < -0.4 is 20.1 Å². The van der Waals surface area contributed by atoms with Gasteiger partial charge in [0.15, 0.2) is 17.5 Å². The lowest BCUT2D eigenvalue weighted by Crippen LogP contribution is -2.36. The average Bonchev–Trinajstić information content (AvgIpc) is 2.77. The topological polar surface area (TPSA) is 67.8 Å². The van der Waals surface area contributed by atoms with Gasteiger partial charge in [-0.3, -0.25) is 4.99 Å². The molecular formula is C24H28N4O2. The third kappa shape index (κ3) is 5.98. The van der Waals surface area contributed by atoms with E-state index in [9.17, 15) is 0 Å². The molecule has 0 fully saturated rings. The standard InChI is InChI=1S/C24H28N4O2/c1-4-29-21-11-7-8-12-22(21)30-23-14-13-19(15-26-23)16-27-24(25-3)28-17-20-10-6-5-9-18(20)2/h5-15H,4,16-17H2,1-3H3,(H2,25,27,28). The van der Waals surface area contributed by atoms with Gasteiger partial charge in [-0.25, -0.2) is 4.98 Å². The van der Waals surface area contributed by atoms with Crippen LogP contribution in [0.1, 0.15) is 23.6 Å². The Morgan fingerprint density at radius 1 is 0.933 bits per heavy atom. The summed E-state index contributed by atoms with van der Waals surface area (Å²) in [4.78, 5) is 8.69. The van der Waals surface area contributed by atoms with E-state index in [2.05, 4.69) is 39.7 Å². The Kier molecular flexibility index (Phi) is 7.66. The molecular weight excluding hydrogens is 376 g/mol. The van der Waals surface area contributed by atoms with Crippen LogP contribution in [0, 0.1) is 6.92 Å². The Hall–Kier alpha value is -3.54. The fraction of sp³-hybridized carbons (Fsp3) is 0.250. The molecule has 6 nitrogen and oxygen atoms in total. The maximum absolute atomic E-state index is 5.87. The highest BCUT2D eigenvalue weighted by Crippen LogP contribution is 2.30. The van der Waals surface area contributed by atoms with E-state index in [4.69, 9.17) is 9.47 Å². The second-order valence-corrected chi connectivity index (χ2v) is 6.69. The van der Waals surface area contributed by atoms with Gasteiger partial charge in [0.2, 0.25) is 5.88 Å². The number of guanidine groups is 1. The molecule has 30 heavy (non-hydrogen) atoms. The summed E-state index contributed by atoms with van der Waals surface area (Å²) < 4.78 is 11.5. The molecule has 2 aromatic carbocycles. The van der Waals surface area contributed by atoms with Crippen LogP contribution in [0.5, 0.6) is 17.4 Å². The van der Waals surface area contributed by atoms with Crippen LogP contribution in [0.2, 0.25) is 0 Å². The van der Waals surface area contributed by atoms with Crippen molar-refractivity contribution in [2.45, 2.75) is 26.9 Å². The number of para-hydroxylation sites is 2. The predicted molar refractivity (Wildman–Crippen MR) is 120 cm³/mol. The number of nitrogens with one attached hydrogen (secondary N) is 2. The fourth-order valence-electron chi connectivity index (χ4n) is 2.89. The van der Waals surface area contributed by atoms with E-state index >= 15 is 0 Å². The smallest absolute Gasteiger partial charge is 0.219 e. The Labute approximate surface area is 178 Å². The van der Waals surface area contributed by atoms with Crippen molar-refractivity contribution in [1.82, 2.24) is 15.6 Å². The SMILES string of the molecule is CCOc1ccccc1Oc1ccc(CNC(=NC)NCc2ccccc2C)cn1. The molecule has 1 aromatic heterocycles. The molecule has 0 atom stereocenters. The Balaban J connectivity index is 1.53. The van der Waals surface area contributed by atoms with Crippen molar-refractivity contribution in [2.24, 2.45) is 4.99 Å². The molecule has 0 saturated carbocycles. The number of hydrogen-bond acceptors (Lipinski definition) is 4. The van der Waals surface area contributed by atoms with Gasteiger partial charge >= 0.3 is 0 Å². The minimum Gasteiger partial charge on any atom is -0.490 e. The minimum absolute atomic E-state index is 0.521. The van der Waals surface area contributed by atoms with Gasteiger partial charge < -0.3 is 20.1 Å². The van der Waals surface area contributed by atoms with Gasteiger partial charge in [0.1, 0.15) is 0 Å². The van der Waals surface area contributed by atoms with Gasteiger partial charge in [-0.1, -0.05) is 42.5 Å². The van der Waals surface area contributed by atoms with E-state index in [0.717, 1.165) is 18.1 Å². The first-order valence-corrected chi connectivity index (χ1v) is 10.0. The van der Waals surface area contributed by atoms with Gasteiger partial charge in [0, 0.05) is 32.4 Å². The molecule has 3 aromatic rings. The molecule has 0 aliphatic carbocycles. The first-order valence-electron chi connectivity index (χ1n) is 10.0. The highest BCUT2D eigenvalue weighted by molar-refractivity contribution is 5.79. The number of aliphatic imine (C=N–C) groups is 1. The number of pyridine rings is 1. The highest BCUT2D eigenvalue weighted by atomic mass is 16.5. The van der Waals surface area contributed by atoms with Crippen molar-refractivity contribution >= 4 is 5.96 Å². The molecule has 3 rings (SSSR count). The van der Waals surface area contributed by atoms with Gasteiger partial charge in [0.05, 0.1) is 6.61 Å². The van der Waals surface area contributed by atoms with Crippen LogP contribution in [0.4, 0.5) is 0 Å². The Morgan fingerprint density at radius 2 is 1.67 bits per heavy atom. The largest absolute Gasteiger partial charge is 0.490 e. The van der Waals surface area contributed by atoms with Crippen molar-refractivity contribution in [2.75, 3.05) is 13.7 Å². The predicted octanol–water partition coefficient (Wildman–Crippen LogP) is 4.45. The van der Waals surface area contributed by atoms with Gasteiger partial charge in [-0.2, -0.15) is 0 Å². The van der Waals surface area contributed by atoms with E-state index in [1.807, 2.05) is 55.5 Å². The van der Waals surface area contributed by atoms with Crippen LogP contribution in [0.15, 0.2) is 71.9 Å². The third-order valence-corrected chi connectivity index (χ3v) is 4.55. The summed E-state index contributed by atoms with van der Waals surface area (Å²) in [7, 11) is 1.76. The highest BCUT2D eigenvalue weighted by Gasteiger charge is 2.06. The third-order valence-electron chi connectivity index (χ3n) is 4.55. The molecule has 0 radical (unpaired) electrons. The van der Waals surface area contributed by atoms with Crippen molar-refractivity contribution in [3.8, 4) is 17.4 Å². The van der Waals surface area contributed by atoms with Crippen molar-refractivity contribution < 1.29 is 9.47 Å². The van der Waals surface area contributed by atoms with Gasteiger partial charge in [-0.05, 0) is 42.7 Å². The normalized spacial score (nSPS) is 11.1. The first kappa shape index (κ1) is 21.2. The molecule has 156 valence electrons. The summed E-state index contributed by atoms with van der Waals surface area (Å²) in [5.74, 6) is 2.62. The molecule has 0 aliphatic heterocycles. The Morgan fingerprint density at radius 3 is 2.37 bits per heavy atom. The summed E-state index contributed by atoms with van der Waals surface area (Å²) in [6.45, 7) is 5.96. The van der Waals surface area contributed by atoms with Crippen LogP contribution in [0.25, 0.3) is 0 Å². The molecule has 0 aliphatic rings. The average molecular weight is 405 g/mol. The number of aryl methyl sites for hydroxylation is 1. The monoisotopic (exact) mass is 404 g/mol. The maximum atomic E-state index is 5.87. The second kappa shape index (κ2) is 10.9. The second-order valence-electron chi connectivity index (χ2n) is 6.69. The number of hydrogen-bond donors (Lipinski definition) is 2. The summed E-state index contributed by atoms with van der Waals surface area (Å²) in [5.41, 5.74) is 3.53. The van der Waals surface area contributed by atoms with Crippen LogP contribution >= 0.6 is 0 Å². The number of benzene rings is 2. The number of aromatic nitrogens is 1. The van der Waals surface area contributed by atoms with Crippen molar-refractivity contribution in [1.29, 1.82) is 0 Å². The number of nitrogens with zero attached hydrogens (tertiary/aromatic N) is 2. The summed E-state index contributed by atoms with van der Waals surface area (Å²) >= 11 is 0. The molecule has 0 saturated heterocycles. The van der Waals surface area contributed by atoms with E-state index in [1.54, 1.807) is 13.2 Å². The molecule has 0 bridgehead atoms. The zero-order valence-electron chi connectivity index (χ0n) is 17.7. The van der Waals surface area contributed by atoms with Crippen LogP contribution in [-0.2, 0) is 13.1 Å². The number of rotatable bonds is 8. The van der Waals surface area contributed by atoms with Crippen LogP contribution in [-0.4, -0.2) is 24.6 Å². The molecule has 0 amide bonds. The summed E-state index contributed by atoms with van der Waals surface area (Å²) in [6, 6.07) is 19.7. The summed E-state index contributed by atoms with van der Waals surface area (Å²) in [6.07, 6.45) is 1.79. The zero-order chi connectivity index (χ0) is 21.2. The zero-order valence-corrected chi connectivity index (χ0v) is 17.7. The van der Waals surface area contributed by atoms with Gasteiger partial charge in [-0.15, -0.1) is 0 Å². The van der Waals surface area contributed by atoms with Crippen molar-refractivity contribution in [3.05, 3.63) is 83.6 Å². The molecule has 1 heterocycles. The van der Waals surface area contributed by atoms with E-state index in [1.165, 1.54) is 11.1 Å². The van der Waals surface area contributed by atoms with Gasteiger partial charge in [0.25, 0.3) is 0 Å². The van der Waals surface area contributed by atoms with Crippen molar-refractivity contribution in [3.63, 3.8) is 0 Å². The lowest BCUT2D eigenvalue weighted by molar-refractivity contribution is 0.319. The number of ether oxygens (including phenoxy) is 2. The van der Waals surface area contributed by atoms with E-state index < -0.39 is 0 Å². The van der Waals surface area contributed by atoms with Crippen LogP contribution in [0.3, 0.4) is 0 Å². The maximum Gasteiger partial charge on any atom is 0.219 e. The summed E-state index contributed by atoms with van der Waals surface area (Å²) in [5, 5.41) is 6.65. The minimum atomic E-state index is 0.521. The molecule has 0 unspecified atom stereocenters. The van der Waals surface area contributed by atoms with E-state index in [-0.39, 0.29) is 0 Å². The fourth-order valence-corrected chi connectivity index (χ4v) is 2.89. The molecule has 0 spiro atoms. The van der Waals surface area contributed by atoms with E-state index in [0.29, 0.717) is 30.5 Å².